The van der Waals surface area contributed by atoms with Crippen molar-refractivity contribution in [2.24, 2.45) is 0 Å². The van der Waals surface area contributed by atoms with E-state index in [1.54, 1.807) is 6.07 Å². The first kappa shape index (κ1) is 18.9. The van der Waals surface area contributed by atoms with E-state index >= 15 is 0 Å². The molecule has 121 valence electrons. The summed E-state index contributed by atoms with van der Waals surface area (Å²) in [6.45, 7) is 9.31. The zero-order valence-corrected chi connectivity index (χ0v) is 15.0. The molecule has 0 aliphatic heterocycles. The first-order chi connectivity index (χ1) is 9.81. The van der Waals surface area contributed by atoms with Crippen LogP contribution in [-0.4, -0.2) is 22.0 Å². The standard InChI is InChI=1S/C18H25N2O.Co/c1-11(2)13-9-14-15(10-20(5)6)17(21)8-7-16(14)19-18(13)12(3)4;/h7-9,11-12,21H,5,10H2,1-4,6H3;/q-1;+2. The summed E-state index contributed by atoms with van der Waals surface area (Å²) in [5, 5.41) is 11.2. The molecule has 0 saturated heterocycles. The molecule has 2 rings (SSSR count). The van der Waals surface area contributed by atoms with Crippen LogP contribution in [0.2, 0.25) is 0 Å². The summed E-state index contributed by atoms with van der Waals surface area (Å²) >= 11 is 0. The van der Waals surface area contributed by atoms with Gasteiger partial charge in [-0.15, -0.1) is 0 Å². The van der Waals surface area contributed by atoms with Crippen molar-refractivity contribution in [2.45, 2.75) is 46.1 Å². The van der Waals surface area contributed by atoms with E-state index in [0.29, 0.717) is 24.1 Å². The van der Waals surface area contributed by atoms with E-state index in [2.05, 4.69) is 40.8 Å². The van der Waals surface area contributed by atoms with Crippen molar-refractivity contribution in [3.05, 3.63) is 42.1 Å². The Kier molecular flexibility index (Phi) is 6.41. The minimum Gasteiger partial charge on any atom is -0.508 e. The molecule has 0 fully saturated rings. The summed E-state index contributed by atoms with van der Waals surface area (Å²) in [5.41, 5.74) is 4.25. The summed E-state index contributed by atoms with van der Waals surface area (Å²) in [4.78, 5) is 6.67. The third-order valence-electron chi connectivity index (χ3n) is 3.74. The largest absolute Gasteiger partial charge is 2.00 e. The van der Waals surface area contributed by atoms with Crippen molar-refractivity contribution in [3.63, 3.8) is 0 Å². The predicted molar refractivity (Wildman–Crippen MR) is 88.4 cm³/mol. The summed E-state index contributed by atoms with van der Waals surface area (Å²) < 4.78 is 0. The molecular formula is C18H25CoN2O+. The van der Waals surface area contributed by atoms with Crippen LogP contribution >= 0.6 is 0 Å². The second-order valence-electron chi connectivity index (χ2n) is 6.42. The average Bonchev–Trinajstić information content (AvgIpc) is 2.40. The fourth-order valence-electron chi connectivity index (χ4n) is 2.68. The maximum Gasteiger partial charge on any atom is 2.00 e. The van der Waals surface area contributed by atoms with Gasteiger partial charge in [0.15, 0.2) is 0 Å². The fourth-order valence-corrected chi connectivity index (χ4v) is 2.68. The van der Waals surface area contributed by atoms with Crippen LogP contribution < -0.4 is 0 Å². The van der Waals surface area contributed by atoms with E-state index in [1.807, 2.05) is 18.0 Å². The molecule has 1 N–H and O–H groups in total. The zero-order chi connectivity index (χ0) is 15.7. The summed E-state index contributed by atoms with van der Waals surface area (Å²) in [7, 11) is 5.79. The van der Waals surface area contributed by atoms with E-state index in [1.165, 1.54) is 5.56 Å². The summed E-state index contributed by atoms with van der Waals surface area (Å²) in [6.07, 6.45) is 0. The summed E-state index contributed by atoms with van der Waals surface area (Å²) in [5.74, 6) is 1.11. The van der Waals surface area contributed by atoms with Crippen molar-refractivity contribution in [1.82, 2.24) is 9.88 Å². The molecule has 1 heterocycles. The van der Waals surface area contributed by atoms with Crippen molar-refractivity contribution in [3.8, 4) is 5.75 Å². The fraction of sp³-hybridized carbons (Fsp3) is 0.444. The molecule has 0 atom stereocenters. The monoisotopic (exact) mass is 344 g/mol. The second kappa shape index (κ2) is 7.44. The van der Waals surface area contributed by atoms with Gasteiger partial charge in [-0.05, 0) is 49.2 Å². The van der Waals surface area contributed by atoms with Gasteiger partial charge in [0, 0.05) is 16.6 Å². The smallest absolute Gasteiger partial charge is 0.508 e. The van der Waals surface area contributed by atoms with Crippen LogP contribution in [0.1, 0.15) is 56.4 Å². The number of hydrogen-bond acceptors (Lipinski definition) is 3. The van der Waals surface area contributed by atoms with Gasteiger partial charge < -0.3 is 10.0 Å². The number of nitrogens with zero attached hydrogens (tertiary/aromatic N) is 2. The Balaban J connectivity index is 0.00000242. The van der Waals surface area contributed by atoms with E-state index in [0.717, 1.165) is 22.2 Å². The van der Waals surface area contributed by atoms with Crippen molar-refractivity contribution < 1.29 is 21.9 Å². The van der Waals surface area contributed by atoms with Crippen LogP contribution in [-0.2, 0) is 23.3 Å². The van der Waals surface area contributed by atoms with E-state index in [9.17, 15) is 5.11 Å². The quantitative estimate of drug-likeness (QED) is 0.835. The van der Waals surface area contributed by atoms with E-state index < -0.39 is 0 Å². The SMILES string of the molecule is [CH2-]N(C)Cc1c(O)ccc2nc(C(C)C)c(C(C)C)cc12.[Co+2]. The number of phenolic OH excluding ortho intramolecular Hbond substituents is 1. The third-order valence-corrected chi connectivity index (χ3v) is 3.74. The van der Waals surface area contributed by atoms with Gasteiger partial charge in [0.2, 0.25) is 0 Å². The molecule has 0 unspecified atom stereocenters. The molecular weight excluding hydrogens is 319 g/mol. The predicted octanol–water partition coefficient (Wildman–Crippen LogP) is 4.41. The molecule has 0 bridgehead atoms. The number of pyridine rings is 1. The molecule has 1 aromatic heterocycles. The summed E-state index contributed by atoms with van der Waals surface area (Å²) in [6, 6.07) is 5.82. The molecule has 0 spiro atoms. The molecule has 2 aromatic rings. The molecule has 0 saturated carbocycles. The van der Waals surface area contributed by atoms with Crippen LogP contribution in [0.5, 0.6) is 5.75 Å². The molecule has 0 amide bonds. The van der Waals surface area contributed by atoms with Crippen molar-refractivity contribution in [1.29, 1.82) is 0 Å². The molecule has 22 heavy (non-hydrogen) atoms. The van der Waals surface area contributed by atoms with Gasteiger partial charge >= 0.3 is 16.8 Å². The Labute approximate surface area is 143 Å². The third kappa shape index (κ3) is 3.80. The Morgan fingerprint density at radius 2 is 1.82 bits per heavy atom. The van der Waals surface area contributed by atoms with E-state index in [4.69, 9.17) is 4.98 Å². The molecule has 3 nitrogen and oxygen atoms in total. The van der Waals surface area contributed by atoms with Gasteiger partial charge in [-0.3, -0.25) is 12.0 Å². The van der Waals surface area contributed by atoms with Crippen molar-refractivity contribution >= 4 is 10.9 Å². The van der Waals surface area contributed by atoms with Crippen LogP contribution in [0.4, 0.5) is 0 Å². The van der Waals surface area contributed by atoms with Crippen molar-refractivity contribution in [2.75, 3.05) is 7.05 Å². The van der Waals surface area contributed by atoms with Crippen LogP contribution in [0.15, 0.2) is 18.2 Å². The minimum absolute atomic E-state index is 0. The Morgan fingerprint density at radius 1 is 1.18 bits per heavy atom. The van der Waals surface area contributed by atoms with Crippen LogP contribution in [0.25, 0.3) is 10.9 Å². The number of rotatable bonds is 4. The normalized spacial score (nSPS) is 11.5. The number of benzene rings is 1. The molecule has 4 heteroatoms. The molecule has 1 radical (unpaired) electrons. The van der Waals surface area contributed by atoms with Gasteiger partial charge in [0.25, 0.3) is 0 Å². The number of phenols is 1. The van der Waals surface area contributed by atoms with E-state index in [-0.39, 0.29) is 16.8 Å². The van der Waals surface area contributed by atoms with Gasteiger partial charge in [-0.1, -0.05) is 27.7 Å². The Hall–Kier alpha value is -1.10. The molecule has 0 aliphatic rings. The first-order valence-electron chi connectivity index (χ1n) is 7.48. The Bertz CT molecular complexity index is 651. The number of hydrogen-bond donors (Lipinski definition) is 1. The maximum atomic E-state index is 10.2. The van der Waals surface area contributed by atoms with Gasteiger partial charge in [-0.25, -0.2) is 0 Å². The second-order valence-corrected chi connectivity index (χ2v) is 6.42. The number of aromatic hydroxyl groups is 1. The van der Waals surface area contributed by atoms with Gasteiger partial charge in [-0.2, -0.15) is 0 Å². The van der Waals surface area contributed by atoms with Crippen LogP contribution in [0, 0.1) is 7.05 Å². The van der Waals surface area contributed by atoms with Gasteiger partial charge in [0.05, 0.1) is 5.52 Å². The molecule has 0 aliphatic carbocycles. The van der Waals surface area contributed by atoms with Crippen LogP contribution in [0.3, 0.4) is 0 Å². The zero-order valence-electron chi connectivity index (χ0n) is 14.0. The number of aromatic nitrogens is 1. The first-order valence-corrected chi connectivity index (χ1v) is 7.48. The topological polar surface area (TPSA) is 36.4 Å². The minimum atomic E-state index is 0. The average molecular weight is 344 g/mol. The maximum absolute atomic E-state index is 10.2. The van der Waals surface area contributed by atoms with Gasteiger partial charge in [0.1, 0.15) is 5.75 Å². The molecule has 1 aromatic carbocycles. The number of fused-ring (bicyclic) bond motifs is 1. The Morgan fingerprint density at radius 3 is 2.32 bits per heavy atom.